The van der Waals surface area contributed by atoms with Gasteiger partial charge in [0.1, 0.15) is 16.3 Å². The molecule has 3 rings (SSSR count). The number of rotatable bonds is 2. The largest absolute Gasteiger partial charge is 0.368 e. The van der Waals surface area contributed by atoms with Crippen LogP contribution < -0.4 is 9.80 Å². The number of hydrogen-bond donors (Lipinski definition) is 1. The van der Waals surface area contributed by atoms with E-state index in [0.29, 0.717) is 10.2 Å². The van der Waals surface area contributed by atoms with Crippen LogP contribution >= 0.6 is 23.8 Å². The van der Waals surface area contributed by atoms with Gasteiger partial charge < -0.3 is 14.8 Å². The minimum Gasteiger partial charge on any atom is -0.368 e. The fraction of sp³-hybridized carbons (Fsp3) is 0.250. The zero-order valence-electron chi connectivity index (χ0n) is 11.9. The molecule has 0 amide bonds. The van der Waals surface area contributed by atoms with Crippen molar-refractivity contribution in [2.24, 2.45) is 0 Å². The van der Waals surface area contributed by atoms with Crippen LogP contribution in [-0.4, -0.2) is 31.2 Å². The van der Waals surface area contributed by atoms with E-state index in [2.05, 4.69) is 20.9 Å². The molecule has 1 aromatic carbocycles. The number of benzene rings is 1. The third-order valence-electron chi connectivity index (χ3n) is 3.86. The highest BCUT2D eigenvalue weighted by molar-refractivity contribution is 7.71. The summed E-state index contributed by atoms with van der Waals surface area (Å²) in [7, 11) is 0. The van der Waals surface area contributed by atoms with Crippen LogP contribution in [0.25, 0.3) is 0 Å². The maximum absolute atomic E-state index is 9.30. The molecule has 1 fully saturated rings. The summed E-state index contributed by atoms with van der Waals surface area (Å²) in [6.45, 7) is 3.52. The average molecular weight is 331 g/mol. The van der Waals surface area contributed by atoms with Crippen molar-refractivity contribution in [3.8, 4) is 6.07 Å². The fourth-order valence-corrected chi connectivity index (χ4v) is 3.04. The first kappa shape index (κ1) is 14.9. The van der Waals surface area contributed by atoms with Crippen LogP contribution in [0, 0.1) is 16.0 Å². The molecule has 112 valence electrons. The summed E-state index contributed by atoms with van der Waals surface area (Å²) in [4.78, 5) is 7.45. The maximum atomic E-state index is 9.30. The van der Waals surface area contributed by atoms with Crippen molar-refractivity contribution in [3.05, 3.63) is 51.8 Å². The molecule has 1 aliphatic heterocycles. The monoisotopic (exact) mass is 330 g/mol. The van der Waals surface area contributed by atoms with Gasteiger partial charge in [0.15, 0.2) is 0 Å². The number of nitriles is 1. The van der Waals surface area contributed by atoms with Gasteiger partial charge in [-0.05, 0) is 30.3 Å². The highest BCUT2D eigenvalue weighted by Crippen LogP contribution is 2.24. The summed E-state index contributed by atoms with van der Waals surface area (Å²) in [6.07, 6.45) is 1.80. The van der Waals surface area contributed by atoms with Gasteiger partial charge >= 0.3 is 0 Å². The van der Waals surface area contributed by atoms with Gasteiger partial charge in [-0.2, -0.15) is 5.26 Å². The summed E-state index contributed by atoms with van der Waals surface area (Å²) in [6, 6.07) is 12.0. The molecule has 0 bridgehead atoms. The Labute approximate surface area is 139 Å². The average Bonchev–Trinajstić information content (AvgIpc) is 2.55. The van der Waals surface area contributed by atoms with Crippen molar-refractivity contribution >= 4 is 35.2 Å². The van der Waals surface area contributed by atoms with Gasteiger partial charge in [0.2, 0.25) is 0 Å². The molecule has 2 heterocycles. The Morgan fingerprint density at radius 2 is 1.68 bits per heavy atom. The molecule has 6 heteroatoms. The van der Waals surface area contributed by atoms with Crippen molar-refractivity contribution in [2.45, 2.75) is 0 Å². The summed E-state index contributed by atoms with van der Waals surface area (Å²) < 4.78 is 0.500. The van der Waals surface area contributed by atoms with Crippen LogP contribution in [0.4, 0.5) is 11.4 Å². The highest BCUT2D eigenvalue weighted by atomic mass is 35.5. The molecule has 0 aliphatic carbocycles. The number of aromatic nitrogens is 1. The lowest BCUT2D eigenvalue weighted by Gasteiger charge is -2.37. The van der Waals surface area contributed by atoms with Gasteiger partial charge in [0.25, 0.3) is 0 Å². The number of nitrogens with one attached hydrogen (secondary N) is 1. The van der Waals surface area contributed by atoms with Gasteiger partial charge in [0.05, 0.1) is 5.69 Å². The standard InChI is InChI=1S/C16H15ClN4S/c17-12-1-3-13(4-2-12)20-7-9-21(10-8-20)15-5-6-19-16(22)14(15)11-18/h1-6H,7-10H2,(H,19,22). The number of hydrogen-bond acceptors (Lipinski definition) is 4. The smallest absolute Gasteiger partial charge is 0.123 e. The van der Waals surface area contributed by atoms with Crippen molar-refractivity contribution < 1.29 is 0 Å². The molecule has 0 atom stereocenters. The Kier molecular flexibility index (Phi) is 4.32. The molecule has 0 radical (unpaired) electrons. The number of H-pyrrole nitrogens is 1. The molecule has 2 aromatic rings. The first-order chi connectivity index (χ1) is 10.7. The molecule has 22 heavy (non-hydrogen) atoms. The first-order valence-electron chi connectivity index (χ1n) is 7.06. The van der Waals surface area contributed by atoms with Gasteiger partial charge in [-0.15, -0.1) is 0 Å². The van der Waals surface area contributed by atoms with Crippen molar-refractivity contribution in [3.63, 3.8) is 0 Å². The Morgan fingerprint density at radius 1 is 1.05 bits per heavy atom. The Bertz CT molecular complexity index is 755. The third-order valence-corrected chi connectivity index (χ3v) is 4.44. The molecule has 4 nitrogen and oxygen atoms in total. The van der Waals surface area contributed by atoms with Gasteiger partial charge in [-0.25, -0.2) is 0 Å². The number of nitrogens with zero attached hydrogens (tertiary/aromatic N) is 3. The van der Waals surface area contributed by atoms with Crippen LogP contribution in [0.2, 0.25) is 5.02 Å². The molecule has 1 saturated heterocycles. The van der Waals surface area contributed by atoms with Crippen molar-refractivity contribution in [1.29, 1.82) is 5.26 Å². The van der Waals surface area contributed by atoms with Gasteiger partial charge in [0, 0.05) is 43.1 Å². The molecule has 0 saturated carbocycles. The first-order valence-corrected chi connectivity index (χ1v) is 7.85. The van der Waals surface area contributed by atoms with E-state index >= 15 is 0 Å². The Balaban J connectivity index is 1.75. The van der Waals surface area contributed by atoms with Gasteiger partial charge in [-0.1, -0.05) is 23.8 Å². The molecule has 0 unspecified atom stereocenters. The number of aromatic amines is 1. The van der Waals surface area contributed by atoms with E-state index in [9.17, 15) is 5.26 Å². The Hall–Kier alpha value is -2.03. The summed E-state index contributed by atoms with van der Waals surface area (Å²) in [5.74, 6) is 0. The van der Waals surface area contributed by atoms with Crippen LogP contribution in [0.1, 0.15) is 5.56 Å². The van der Waals surface area contributed by atoms with Crippen LogP contribution in [0.3, 0.4) is 0 Å². The lowest BCUT2D eigenvalue weighted by Crippen LogP contribution is -2.46. The van der Waals surface area contributed by atoms with Crippen molar-refractivity contribution in [2.75, 3.05) is 36.0 Å². The predicted molar refractivity (Wildman–Crippen MR) is 92.2 cm³/mol. The number of piperazine rings is 1. The van der Waals surface area contributed by atoms with Crippen LogP contribution in [-0.2, 0) is 0 Å². The molecule has 1 aliphatic rings. The lowest BCUT2D eigenvalue weighted by atomic mass is 10.2. The second-order valence-electron chi connectivity index (χ2n) is 5.13. The molecular formula is C16H15ClN4S. The fourth-order valence-electron chi connectivity index (χ4n) is 2.70. The minimum atomic E-state index is 0.500. The second-order valence-corrected chi connectivity index (χ2v) is 5.97. The molecular weight excluding hydrogens is 316 g/mol. The second kappa shape index (κ2) is 6.39. The maximum Gasteiger partial charge on any atom is 0.123 e. The normalized spacial score (nSPS) is 14.7. The van der Waals surface area contributed by atoms with E-state index in [1.54, 1.807) is 6.20 Å². The number of pyridine rings is 1. The number of anilines is 2. The summed E-state index contributed by atoms with van der Waals surface area (Å²) in [5.41, 5.74) is 2.65. The van der Waals surface area contributed by atoms with Gasteiger partial charge in [-0.3, -0.25) is 0 Å². The van der Waals surface area contributed by atoms with E-state index in [-0.39, 0.29) is 0 Å². The lowest BCUT2D eigenvalue weighted by molar-refractivity contribution is 0.652. The number of halogens is 1. The molecule has 1 aromatic heterocycles. The minimum absolute atomic E-state index is 0.500. The zero-order chi connectivity index (χ0) is 15.5. The van der Waals surface area contributed by atoms with Crippen LogP contribution in [0.15, 0.2) is 36.5 Å². The zero-order valence-corrected chi connectivity index (χ0v) is 13.5. The van der Waals surface area contributed by atoms with E-state index in [1.165, 1.54) is 5.69 Å². The topological polar surface area (TPSA) is 46.1 Å². The third kappa shape index (κ3) is 2.94. The van der Waals surface area contributed by atoms with Crippen molar-refractivity contribution in [1.82, 2.24) is 4.98 Å². The SMILES string of the molecule is N#Cc1c(N2CCN(c3ccc(Cl)cc3)CC2)cc[nH]c1=S. The van der Waals surface area contributed by atoms with E-state index in [1.807, 2.05) is 30.3 Å². The van der Waals surface area contributed by atoms with E-state index in [0.717, 1.165) is 36.9 Å². The predicted octanol–water partition coefficient (Wildman–Crippen LogP) is 3.60. The molecule has 1 N–H and O–H groups in total. The van der Waals surface area contributed by atoms with Crippen LogP contribution in [0.5, 0.6) is 0 Å². The Morgan fingerprint density at radius 3 is 2.32 bits per heavy atom. The molecule has 0 spiro atoms. The highest BCUT2D eigenvalue weighted by Gasteiger charge is 2.20. The summed E-state index contributed by atoms with van der Waals surface area (Å²) >= 11 is 11.1. The quantitative estimate of drug-likeness (QED) is 0.855. The van der Waals surface area contributed by atoms with E-state index < -0.39 is 0 Å². The van der Waals surface area contributed by atoms with E-state index in [4.69, 9.17) is 23.8 Å². The summed E-state index contributed by atoms with van der Waals surface area (Å²) in [5, 5.41) is 10.0.